The summed E-state index contributed by atoms with van der Waals surface area (Å²) in [5.41, 5.74) is 5.92. The highest BCUT2D eigenvalue weighted by atomic mass is 35.5. The van der Waals surface area contributed by atoms with E-state index in [4.69, 9.17) is 22.1 Å². The molecule has 1 aromatic heterocycles. The first-order chi connectivity index (χ1) is 11.7. The van der Waals surface area contributed by atoms with Crippen LogP contribution < -0.4 is 11.1 Å². The van der Waals surface area contributed by atoms with E-state index in [9.17, 15) is 4.79 Å². The van der Waals surface area contributed by atoms with Gasteiger partial charge in [-0.2, -0.15) is 4.98 Å². The summed E-state index contributed by atoms with van der Waals surface area (Å²) < 4.78 is 5.13. The molecular formula is C16H24ClN5O2S. The highest BCUT2D eigenvalue weighted by molar-refractivity contribution is 7.98. The van der Waals surface area contributed by atoms with Crippen LogP contribution >= 0.6 is 23.4 Å². The summed E-state index contributed by atoms with van der Waals surface area (Å²) in [7, 11) is 0. The van der Waals surface area contributed by atoms with Crippen LogP contribution in [0.15, 0.2) is 23.1 Å². The molecule has 0 saturated heterocycles. The van der Waals surface area contributed by atoms with Crippen LogP contribution in [-0.2, 0) is 10.5 Å². The number of hydrogen-bond donors (Lipinski definition) is 3. The largest absolute Gasteiger partial charge is 0.444 e. The van der Waals surface area contributed by atoms with Crippen LogP contribution in [0.2, 0.25) is 5.02 Å². The number of aromatic nitrogens is 3. The molecule has 25 heavy (non-hydrogen) atoms. The molecule has 4 N–H and O–H groups in total. The standard InChI is InChI=1S/C14H18ClN5O2S.C2H6/c1-14(2,3)22-13(21)18-12-17-11(19-20-12)7-23-10-5-4-8(15)6-9(10)16;1-2/h4-6H,7,16H2,1-3H3,(H2,17,18,19,20,21);1-2H3. The SMILES string of the molecule is CC.CC(C)(C)OC(=O)Nc1n[nH]c(CSc2ccc(Cl)cc2N)n1. The maximum atomic E-state index is 11.6. The van der Waals surface area contributed by atoms with Crippen LogP contribution in [0.25, 0.3) is 0 Å². The zero-order valence-corrected chi connectivity index (χ0v) is 16.6. The van der Waals surface area contributed by atoms with E-state index in [1.54, 1.807) is 32.9 Å². The van der Waals surface area contributed by atoms with Crippen molar-refractivity contribution < 1.29 is 9.53 Å². The normalized spacial score (nSPS) is 10.6. The molecule has 0 aliphatic rings. The molecule has 0 fully saturated rings. The number of hydrogen-bond acceptors (Lipinski definition) is 6. The molecule has 0 radical (unpaired) electrons. The van der Waals surface area contributed by atoms with Crippen molar-refractivity contribution in [1.82, 2.24) is 15.2 Å². The average molecular weight is 386 g/mol. The molecule has 1 aromatic carbocycles. The van der Waals surface area contributed by atoms with Crippen molar-refractivity contribution in [3.63, 3.8) is 0 Å². The van der Waals surface area contributed by atoms with E-state index in [0.717, 1.165) is 4.90 Å². The minimum atomic E-state index is -0.599. The monoisotopic (exact) mass is 385 g/mol. The summed E-state index contributed by atoms with van der Waals surface area (Å²) in [5.74, 6) is 1.30. The number of benzene rings is 1. The van der Waals surface area contributed by atoms with Crippen LogP contribution in [0.4, 0.5) is 16.4 Å². The van der Waals surface area contributed by atoms with E-state index < -0.39 is 11.7 Å². The van der Waals surface area contributed by atoms with Crippen molar-refractivity contribution in [2.45, 2.75) is 50.9 Å². The highest BCUT2D eigenvalue weighted by Crippen LogP contribution is 2.29. The predicted octanol–water partition coefficient (Wildman–Crippen LogP) is 4.71. The van der Waals surface area contributed by atoms with Gasteiger partial charge < -0.3 is 10.5 Å². The summed E-state index contributed by atoms with van der Waals surface area (Å²) in [6.45, 7) is 9.34. The van der Waals surface area contributed by atoms with Crippen molar-refractivity contribution >= 4 is 41.1 Å². The number of rotatable bonds is 4. The van der Waals surface area contributed by atoms with E-state index >= 15 is 0 Å². The van der Waals surface area contributed by atoms with Gasteiger partial charge in [-0.1, -0.05) is 25.4 Å². The number of amides is 1. The van der Waals surface area contributed by atoms with E-state index in [-0.39, 0.29) is 5.95 Å². The van der Waals surface area contributed by atoms with E-state index in [1.807, 2.05) is 19.9 Å². The Bertz CT molecular complexity index is 700. The zero-order valence-electron chi connectivity index (χ0n) is 15.0. The number of ether oxygens (including phenoxy) is 1. The topological polar surface area (TPSA) is 106 Å². The zero-order chi connectivity index (χ0) is 19.0. The van der Waals surface area contributed by atoms with Crippen molar-refractivity contribution in [3.05, 3.63) is 29.0 Å². The Hall–Kier alpha value is -1.93. The third-order valence-electron chi connectivity index (χ3n) is 2.48. The van der Waals surface area contributed by atoms with Crippen LogP contribution in [0.1, 0.15) is 40.4 Å². The molecule has 0 saturated carbocycles. The lowest BCUT2D eigenvalue weighted by molar-refractivity contribution is 0.0634. The second kappa shape index (κ2) is 9.53. The summed E-state index contributed by atoms with van der Waals surface area (Å²) in [6, 6.07) is 5.31. The number of nitrogens with one attached hydrogen (secondary N) is 2. The van der Waals surface area contributed by atoms with Gasteiger partial charge in [-0.15, -0.1) is 16.9 Å². The molecule has 2 aromatic rings. The van der Waals surface area contributed by atoms with E-state index in [1.165, 1.54) is 11.8 Å². The lowest BCUT2D eigenvalue weighted by Gasteiger charge is -2.18. The quantitative estimate of drug-likeness (QED) is 0.520. The van der Waals surface area contributed by atoms with Gasteiger partial charge >= 0.3 is 6.09 Å². The Morgan fingerprint density at radius 1 is 1.40 bits per heavy atom. The summed E-state index contributed by atoms with van der Waals surface area (Å²) in [4.78, 5) is 16.7. The fourth-order valence-electron chi connectivity index (χ4n) is 1.61. The second-order valence-electron chi connectivity index (χ2n) is 5.70. The fraction of sp³-hybridized carbons (Fsp3) is 0.438. The van der Waals surface area contributed by atoms with Crippen LogP contribution in [0.3, 0.4) is 0 Å². The lowest BCUT2D eigenvalue weighted by Crippen LogP contribution is -2.27. The summed E-state index contributed by atoms with van der Waals surface area (Å²) >= 11 is 7.35. The third kappa shape index (κ3) is 7.66. The Morgan fingerprint density at radius 2 is 2.08 bits per heavy atom. The highest BCUT2D eigenvalue weighted by Gasteiger charge is 2.17. The van der Waals surface area contributed by atoms with Crippen molar-refractivity contribution in [3.8, 4) is 0 Å². The van der Waals surface area contributed by atoms with Gasteiger partial charge in [0.15, 0.2) is 0 Å². The van der Waals surface area contributed by atoms with Crippen molar-refractivity contribution in [2.75, 3.05) is 11.1 Å². The minimum Gasteiger partial charge on any atom is -0.444 e. The Labute approximate surface area is 157 Å². The van der Waals surface area contributed by atoms with Crippen LogP contribution in [0, 0.1) is 0 Å². The molecule has 9 heteroatoms. The number of aromatic amines is 1. The minimum absolute atomic E-state index is 0.166. The number of nitrogens with zero attached hydrogens (tertiary/aromatic N) is 2. The molecule has 1 amide bonds. The fourth-order valence-corrected chi connectivity index (χ4v) is 2.60. The van der Waals surface area contributed by atoms with Crippen molar-refractivity contribution in [1.29, 1.82) is 0 Å². The van der Waals surface area contributed by atoms with Crippen LogP contribution in [0.5, 0.6) is 0 Å². The average Bonchev–Trinajstić information content (AvgIpc) is 2.94. The van der Waals surface area contributed by atoms with Gasteiger partial charge in [0.05, 0.1) is 5.75 Å². The molecule has 0 aliphatic heterocycles. The maximum Gasteiger partial charge on any atom is 0.414 e. The smallest absolute Gasteiger partial charge is 0.414 e. The summed E-state index contributed by atoms with van der Waals surface area (Å²) in [5, 5.41) is 9.74. The van der Waals surface area contributed by atoms with E-state index in [2.05, 4.69) is 20.5 Å². The molecule has 0 spiro atoms. The van der Waals surface area contributed by atoms with Gasteiger partial charge in [-0.25, -0.2) is 4.79 Å². The molecule has 138 valence electrons. The molecule has 0 bridgehead atoms. The number of carbonyl (C=O) groups is 1. The van der Waals surface area contributed by atoms with E-state index in [0.29, 0.717) is 22.3 Å². The predicted molar refractivity (Wildman–Crippen MR) is 103 cm³/mol. The van der Waals surface area contributed by atoms with Gasteiger partial charge in [0, 0.05) is 15.6 Å². The molecule has 0 aliphatic carbocycles. The first-order valence-electron chi connectivity index (χ1n) is 7.82. The lowest BCUT2D eigenvalue weighted by atomic mass is 10.2. The second-order valence-corrected chi connectivity index (χ2v) is 7.16. The number of thioether (sulfide) groups is 1. The maximum absolute atomic E-state index is 11.6. The summed E-state index contributed by atoms with van der Waals surface area (Å²) in [6.07, 6.45) is -0.599. The Kier molecular flexibility index (Phi) is 8.05. The Morgan fingerprint density at radius 3 is 2.68 bits per heavy atom. The number of nitrogen functional groups attached to an aromatic ring is 1. The molecule has 0 unspecified atom stereocenters. The first-order valence-corrected chi connectivity index (χ1v) is 9.18. The third-order valence-corrected chi connectivity index (χ3v) is 3.82. The van der Waals surface area contributed by atoms with Gasteiger partial charge in [0.25, 0.3) is 5.95 Å². The molecular weight excluding hydrogens is 362 g/mol. The molecule has 1 heterocycles. The Balaban J connectivity index is 0.00000151. The van der Waals surface area contributed by atoms with Crippen LogP contribution in [-0.4, -0.2) is 26.9 Å². The van der Waals surface area contributed by atoms with Crippen molar-refractivity contribution in [2.24, 2.45) is 0 Å². The number of carbonyl (C=O) groups excluding carboxylic acids is 1. The first kappa shape index (κ1) is 21.1. The molecule has 7 nitrogen and oxygen atoms in total. The number of anilines is 2. The van der Waals surface area contributed by atoms with Gasteiger partial charge in [0.2, 0.25) is 0 Å². The van der Waals surface area contributed by atoms with Gasteiger partial charge in [-0.3, -0.25) is 10.4 Å². The molecule has 2 rings (SSSR count). The number of halogens is 1. The number of H-pyrrole nitrogens is 1. The number of nitrogens with two attached hydrogens (primary N) is 1. The van der Waals surface area contributed by atoms with Gasteiger partial charge in [0.1, 0.15) is 11.4 Å². The molecule has 0 atom stereocenters. The van der Waals surface area contributed by atoms with Gasteiger partial charge in [-0.05, 0) is 39.0 Å².